The topological polar surface area (TPSA) is 69.6 Å². The van der Waals surface area contributed by atoms with Gasteiger partial charge in [-0.25, -0.2) is 4.79 Å². The summed E-state index contributed by atoms with van der Waals surface area (Å²) < 4.78 is 0. The Balaban J connectivity index is 3.67. The third kappa shape index (κ3) is 7.09. The van der Waals surface area contributed by atoms with Crippen LogP contribution in [0.1, 0.15) is 33.1 Å². The minimum Gasteiger partial charge on any atom is -0.481 e. The largest absolute Gasteiger partial charge is 0.481 e. The van der Waals surface area contributed by atoms with Crippen LogP contribution >= 0.6 is 0 Å². The summed E-state index contributed by atoms with van der Waals surface area (Å²) in [4.78, 5) is 23.4. The first kappa shape index (κ1) is 14.7. The summed E-state index contributed by atoms with van der Waals surface area (Å²) in [6.45, 7) is 5.31. The lowest BCUT2D eigenvalue weighted by molar-refractivity contribution is -0.137. The fourth-order valence-corrected chi connectivity index (χ4v) is 1.25. The Morgan fingerprint density at radius 2 is 2.06 bits per heavy atom. The zero-order valence-corrected chi connectivity index (χ0v) is 10.3. The molecule has 1 unspecified atom stereocenters. The number of urea groups is 1. The third-order valence-corrected chi connectivity index (χ3v) is 2.47. The van der Waals surface area contributed by atoms with E-state index in [0.29, 0.717) is 18.9 Å². The molecule has 0 aromatic rings. The second kappa shape index (κ2) is 7.96. The quantitative estimate of drug-likeness (QED) is 0.652. The Morgan fingerprint density at radius 3 is 2.56 bits per heavy atom. The van der Waals surface area contributed by atoms with Crippen LogP contribution in [0, 0.1) is 5.92 Å². The number of carboxylic acids is 1. The molecular formula is C11H22N2O3. The van der Waals surface area contributed by atoms with Crippen molar-refractivity contribution in [2.75, 3.05) is 20.1 Å². The van der Waals surface area contributed by atoms with E-state index in [4.69, 9.17) is 5.11 Å². The number of hydrogen-bond donors (Lipinski definition) is 2. The van der Waals surface area contributed by atoms with E-state index in [1.54, 1.807) is 11.9 Å². The summed E-state index contributed by atoms with van der Waals surface area (Å²) in [5.74, 6) is -0.350. The summed E-state index contributed by atoms with van der Waals surface area (Å²) in [7, 11) is 1.75. The summed E-state index contributed by atoms with van der Waals surface area (Å²) in [5, 5.41) is 11.1. The van der Waals surface area contributed by atoms with Crippen molar-refractivity contribution in [3.63, 3.8) is 0 Å². The van der Waals surface area contributed by atoms with Crippen LogP contribution in [-0.4, -0.2) is 42.1 Å². The van der Waals surface area contributed by atoms with Crippen LogP contribution in [0.25, 0.3) is 0 Å². The molecule has 0 fully saturated rings. The van der Waals surface area contributed by atoms with Crippen molar-refractivity contribution >= 4 is 12.0 Å². The molecule has 0 heterocycles. The molecule has 0 aliphatic rings. The molecular weight excluding hydrogens is 208 g/mol. The van der Waals surface area contributed by atoms with Gasteiger partial charge in [0.25, 0.3) is 0 Å². The Morgan fingerprint density at radius 1 is 1.44 bits per heavy atom. The highest BCUT2D eigenvalue weighted by atomic mass is 16.4. The highest BCUT2D eigenvalue weighted by Crippen LogP contribution is 2.02. The average Bonchev–Trinajstić information content (AvgIpc) is 2.23. The molecule has 2 amide bonds. The van der Waals surface area contributed by atoms with Gasteiger partial charge in [0, 0.05) is 26.6 Å². The first-order chi connectivity index (χ1) is 7.47. The second-order valence-corrected chi connectivity index (χ2v) is 4.12. The van der Waals surface area contributed by atoms with Crippen LogP contribution in [0.5, 0.6) is 0 Å². The summed E-state index contributed by atoms with van der Waals surface area (Å²) in [6, 6.07) is -0.134. The zero-order valence-electron chi connectivity index (χ0n) is 10.3. The van der Waals surface area contributed by atoms with Gasteiger partial charge in [-0.2, -0.15) is 0 Å². The first-order valence-electron chi connectivity index (χ1n) is 5.68. The number of hydrogen-bond acceptors (Lipinski definition) is 2. The predicted molar refractivity (Wildman–Crippen MR) is 62.4 cm³/mol. The van der Waals surface area contributed by atoms with E-state index in [1.807, 2.05) is 0 Å². The lowest BCUT2D eigenvalue weighted by atomic mass is 10.1. The molecule has 0 rings (SSSR count). The minimum atomic E-state index is -0.831. The number of nitrogens with zero attached hydrogens (tertiary/aromatic N) is 1. The highest BCUT2D eigenvalue weighted by Gasteiger charge is 2.10. The number of aliphatic carboxylic acids is 1. The van der Waals surface area contributed by atoms with Gasteiger partial charge >= 0.3 is 12.0 Å². The van der Waals surface area contributed by atoms with E-state index in [9.17, 15) is 9.59 Å². The van der Waals surface area contributed by atoms with Gasteiger partial charge < -0.3 is 15.3 Å². The number of carbonyl (C=O) groups excluding carboxylic acids is 1. The molecule has 16 heavy (non-hydrogen) atoms. The molecule has 0 spiro atoms. The van der Waals surface area contributed by atoms with Gasteiger partial charge in [-0.3, -0.25) is 4.79 Å². The molecule has 5 nitrogen and oxygen atoms in total. The molecule has 0 saturated carbocycles. The molecule has 0 aromatic heterocycles. The van der Waals surface area contributed by atoms with Crippen LogP contribution < -0.4 is 5.32 Å². The standard InChI is InChI=1S/C11H22N2O3/c1-4-9(2)8-13(3)11(16)12-7-5-6-10(14)15/h9H,4-8H2,1-3H3,(H,12,16)(H,14,15). The number of carbonyl (C=O) groups is 2. The van der Waals surface area contributed by atoms with E-state index >= 15 is 0 Å². The molecule has 0 aliphatic heterocycles. The molecule has 0 aromatic carbocycles. The van der Waals surface area contributed by atoms with Crippen LogP contribution in [0.2, 0.25) is 0 Å². The maximum absolute atomic E-state index is 11.5. The Labute approximate surface area is 96.8 Å². The molecule has 0 aliphatic carbocycles. The predicted octanol–water partition coefficient (Wildman–Crippen LogP) is 1.54. The van der Waals surface area contributed by atoms with Gasteiger partial charge in [0.1, 0.15) is 0 Å². The van der Waals surface area contributed by atoms with E-state index in [0.717, 1.165) is 13.0 Å². The normalized spacial score (nSPS) is 11.9. The highest BCUT2D eigenvalue weighted by molar-refractivity contribution is 5.73. The SMILES string of the molecule is CCC(C)CN(C)C(=O)NCCCC(=O)O. The van der Waals surface area contributed by atoms with Gasteiger partial charge in [0.05, 0.1) is 0 Å². The average molecular weight is 230 g/mol. The van der Waals surface area contributed by atoms with Crippen LogP contribution in [0.15, 0.2) is 0 Å². The van der Waals surface area contributed by atoms with Crippen molar-refractivity contribution in [3.8, 4) is 0 Å². The summed E-state index contributed by atoms with van der Waals surface area (Å²) in [6.07, 6.45) is 1.60. The Hall–Kier alpha value is -1.26. The molecule has 0 saturated heterocycles. The maximum Gasteiger partial charge on any atom is 0.317 e. The number of amides is 2. The van der Waals surface area contributed by atoms with E-state index in [1.165, 1.54) is 0 Å². The van der Waals surface area contributed by atoms with Crippen molar-refractivity contribution in [2.24, 2.45) is 5.92 Å². The van der Waals surface area contributed by atoms with Crippen molar-refractivity contribution in [1.29, 1.82) is 0 Å². The number of nitrogens with one attached hydrogen (secondary N) is 1. The van der Waals surface area contributed by atoms with Crippen molar-refractivity contribution < 1.29 is 14.7 Å². The van der Waals surface area contributed by atoms with Crippen molar-refractivity contribution in [1.82, 2.24) is 10.2 Å². The van der Waals surface area contributed by atoms with E-state index in [-0.39, 0.29) is 12.5 Å². The van der Waals surface area contributed by atoms with E-state index in [2.05, 4.69) is 19.2 Å². The van der Waals surface area contributed by atoms with Crippen molar-refractivity contribution in [3.05, 3.63) is 0 Å². The molecule has 94 valence electrons. The number of carboxylic acid groups (broad SMARTS) is 1. The van der Waals surface area contributed by atoms with Gasteiger partial charge in [0.2, 0.25) is 0 Å². The van der Waals surface area contributed by atoms with Gasteiger partial charge in [-0.15, -0.1) is 0 Å². The molecule has 2 N–H and O–H groups in total. The lowest BCUT2D eigenvalue weighted by Crippen LogP contribution is -2.39. The third-order valence-electron chi connectivity index (χ3n) is 2.47. The fraction of sp³-hybridized carbons (Fsp3) is 0.818. The smallest absolute Gasteiger partial charge is 0.317 e. The van der Waals surface area contributed by atoms with Gasteiger partial charge in [-0.05, 0) is 12.3 Å². The van der Waals surface area contributed by atoms with Crippen LogP contribution in [0.3, 0.4) is 0 Å². The first-order valence-corrected chi connectivity index (χ1v) is 5.68. The summed E-state index contributed by atoms with van der Waals surface area (Å²) >= 11 is 0. The maximum atomic E-state index is 11.5. The minimum absolute atomic E-state index is 0.0926. The number of rotatable bonds is 7. The monoisotopic (exact) mass is 230 g/mol. The summed E-state index contributed by atoms with van der Waals surface area (Å²) in [5.41, 5.74) is 0. The van der Waals surface area contributed by atoms with E-state index < -0.39 is 5.97 Å². The molecule has 1 atom stereocenters. The molecule has 0 bridgehead atoms. The zero-order chi connectivity index (χ0) is 12.6. The van der Waals surface area contributed by atoms with Gasteiger partial charge in [-0.1, -0.05) is 20.3 Å². The second-order valence-electron chi connectivity index (χ2n) is 4.12. The molecule has 0 radical (unpaired) electrons. The van der Waals surface area contributed by atoms with Crippen LogP contribution in [0.4, 0.5) is 4.79 Å². The lowest BCUT2D eigenvalue weighted by Gasteiger charge is -2.21. The van der Waals surface area contributed by atoms with Crippen LogP contribution in [-0.2, 0) is 4.79 Å². The van der Waals surface area contributed by atoms with Crippen molar-refractivity contribution in [2.45, 2.75) is 33.1 Å². The Bertz CT molecular complexity index is 231. The fourth-order valence-electron chi connectivity index (χ4n) is 1.25. The molecule has 5 heteroatoms. The van der Waals surface area contributed by atoms with Gasteiger partial charge in [0.15, 0.2) is 0 Å². The Kier molecular flexibility index (Phi) is 7.33.